The molecule has 5 heteroatoms. The summed E-state index contributed by atoms with van der Waals surface area (Å²) in [6, 6.07) is 5.30. The first-order valence-corrected chi connectivity index (χ1v) is 7.50. The molecule has 0 spiro atoms. The minimum atomic E-state index is -0.927. The number of nitrogens with two attached hydrogens (primary N) is 1. The Bertz CT molecular complexity index is 585. The Morgan fingerprint density at radius 3 is 2.76 bits per heavy atom. The van der Waals surface area contributed by atoms with E-state index in [4.69, 9.17) is 5.73 Å². The van der Waals surface area contributed by atoms with Gasteiger partial charge in [-0.25, -0.2) is 4.79 Å². The second-order valence-electron chi connectivity index (χ2n) is 5.97. The Labute approximate surface area is 123 Å². The molecule has 2 unspecified atom stereocenters. The molecule has 3 rings (SSSR count). The van der Waals surface area contributed by atoms with Crippen LogP contribution in [0, 0.1) is 5.92 Å². The molecule has 1 fully saturated rings. The van der Waals surface area contributed by atoms with Crippen LogP contribution in [0.1, 0.15) is 41.6 Å². The van der Waals surface area contributed by atoms with Crippen LogP contribution in [0.3, 0.4) is 0 Å². The molecular weight excluding hydrogens is 268 g/mol. The number of hydrogen-bond donors (Lipinski definition) is 2. The maximum absolute atomic E-state index is 12.7. The molecule has 2 atom stereocenters. The number of anilines is 1. The zero-order valence-corrected chi connectivity index (χ0v) is 11.9. The fourth-order valence-corrected chi connectivity index (χ4v) is 3.52. The van der Waals surface area contributed by atoms with Crippen LogP contribution in [-0.2, 0) is 11.2 Å². The fourth-order valence-electron chi connectivity index (χ4n) is 3.52. The number of hydrogen-bond acceptors (Lipinski definition) is 3. The van der Waals surface area contributed by atoms with Crippen LogP contribution in [0.15, 0.2) is 18.2 Å². The van der Waals surface area contributed by atoms with Crippen molar-refractivity contribution in [2.75, 3.05) is 11.4 Å². The van der Waals surface area contributed by atoms with Gasteiger partial charge >= 0.3 is 5.97 Å². The van der Waals surface area contributed by atoms with E-state index < -0.39 is 5.97 Å². The lowest BCUT2D eigenvalue weighted by molar-refractivity contribution is -0.122. The number of aromatic carboxylic acids is 1. The van der Waals surface area contributed by atoms with E-state index in [-0.39, 0.29) is 17.9 Å². The van der Waals surface area contributed by atoms with Gasteiger partial charge < -0.3 is 15.7 Å². The Kier molecular flexibility index (Phi) is 3.68. The minimum absolute atomic E-state index is 0.0144. The predicted octanol–water partition coefficient (Wildman–Crippen LogP) is 1.79. The molecule has 5 nitrogen and oxygen atoms in total. The molecule has 1 aliphatic heterocycles. The van der Waals surface area contributed by atoms with Crippen molar-refractivity contribution in [3.05, 3.63) is 29.3 Å². The maximum Gasteiger partial charge on any atom is 0.336 e. The van der Waals surface area contributed by atoms with E-state index in [1.54, 1.807) is 17.0 Å². The van der Waals surface area contributed by atoms with Crippen LogP contribution >= 0.6 is 0 Å². The highest BCUT2D eigenvalue weighted by molar-refractivity contribution is 5.99. The van der Waals surface area contributed by atoms with Crippen LogP contribution in [0.25, 0.3) is 0 Å². The van der Waals surface area contributed by atoms with Crippen LogP contribution in [0.5, 0.6) is 0 Å². The standard InChI is InChI=1S/C16H20N2O3/c17-11-7-6-10(9-11)15(19)18-8-2-4-12-13(16(20)21)3-1-5-14(12)18/h1,3,5,10-11H,2,4,6-9,17H2,(H,20,21). The zero-order valence-electron chi connectivity index (χ0n) is 11.9. The summed E-state index contributed by atoms with van der Waals surface area (Å²) >= 11 is 0. The molecule has 21 heavy (non-hydrogen) atoms. The van der Waals surface area contributed by atoms with Gasteiger partial charge in [0.25, 0.3) is 0 Å². The van der Waals surface area contributed by atoms with E-state index in [1.807, 2.05) is 6.07 Å². The summed E-state index contributed by atoms with van der Waals surface area (Å²) in [6.45, 7) is 0.667. The van der Waals surface area contributed by atoms with Crippen molar-refractivity contribution < 1.29 is 14.7 Å². The van der Waals surface area contributed by atoms with E-state index >= 15 is 0 Å². The number of carboxylic acid groups (broad SMARTS) is 1. The first-order chi connectivity index (χ1) is 10.1. The molecule has 112 valence electrons. The average molecular weight is 288 g/mol. The van der Waals surface area contributed by atoms with E-state index in [1.165, 1.54) is 0 Å². The Balaban J connectivity index is 1.92. The van der Waals surface area contributed by atoms with E-state index in [9.17, 15) is 14.7 Å². The van der Waals surface area contributed by atoms with Gasteiger partial charge in [0.05, 0.1) is 5.56 Å². The second kappa shape index (κ2) is 5.48. The first kappa shape index (κ1) is 14.1. The fraction of sp³-hybridized carbons (Fsp3) is 0.500. The molecule has 1 saturated carbocycles. The highest BCUT2D eigenvalue weighted by Crippen LogP contribution is 2.34. The highest BCUT2D eigenvalue weighted by Gasteiger charge is 2.34. The third-order valence-corrected chi connectivity index (χ3v) is 4.57. The lowest BCUT2D eigenvalue weighted by Crippen LogP contribution is -2.39. The SMILES string of the molecule is NC1CCC(C(=O)N2CCCc3c(C(=O)O)cccc32)C1. The Hall–Kier alpha value is -1.88. The molecule has 0 saturated heterocycles. The number of rotatable bonds is 2. The zero-order chi connectivity index (χ0) is 15.0. The van der Waals surface area contributed by atoms with E-state index in [0.29, 0.717) is 18.5 Å². The summed E-state index contributed by atoms with van der Waals surface area (Å²) in [5.41, 5.74) is 7.77. The smallest absolute Gasteiger partial charge is 0.336 e. The van der Waals surface area contributed by atoms with Crippen molar-refractivity contribution in [1.29, 1.82) is 0 Å². The molecule has 1 aliphatic carbocycles. The van der Waals surface area contributed by atoms with Crippen molar-refractivity contribution >= 4 is 17.6 Å². The number of carbonyl (C=O) groups is 2. The number of carboxylic acids is 1. The van der Waals surface area contributed by atoms with Crippen LogP contribution in [0.2, 0.25) is 0 Å². The second-order valence-corrected chi connectivity index (χ2v) is 5.97. The van der Waals surface area contributed by atoms with Crippen molar-refractivity contribution in [2.24, 2.45) is 11.7 Å². The molecule has 1 amide bonds. The molecule has 1 heterocycles. The van der Waals surface area contributed by atoms with Gasteiger partial charge in [-0.2, -0.15) is 0 Å². The van der Waals surface area contributed by atoms with Crippen LogP contribution in [0.4, 0.5) is 5.69 Å². The van der Waals surface area contributed by atoms with Crippen molar-refractivity contribution in [3.63, 3.8) is 0 Å². The minimum Gasteiger partial charge on any atom is -0.478 e. The van der Waals surface area contributed by atoms with Gasteiger partial charge in [0, 0.05) is 24.2 Å². The molecule has 1 aromatic carbocycles. The van der Waals surface area contributed by atoms with Gasteiger partial charge in [-0.1, -0.05) is 6.07 Å². The number of nitrogens with zero attached hydrogens (tertiary/aromatic N) is 1. The van der Waals surface area contributed by atoms with Gasteiger partial charge in [-0.15, -0.1) is 0 Å². The lowest BCUT2D eigenvalue weighted by Gasteiger charge is -2.32. The monoisotopic (exact) mass is 288 g/mol. The van der Waals surface area contributed by atoms with Crippen molar-refractivity contribution in [2.45, 2.75) is 38.1 Å². The predicted molar refractivity (Wildman–Crippen MR) is 79.4 cm³/mol. The number of amides is 1. The molecule has 0 aromatic heterocycles. The van der Waals surface area contributed by atoms with Gasteiger partial charge in [-0.05, 0) is 49.8 Å². The maximum atomic E-state index is 12.7. The first-order valence-electron chi connectivity index (χ1n) is 7.50. The molecule has 2 aliphatic rings. The third kappa shape index (κ3) is 2.53. The van der Waals surface area contributed by atoms with Gasteiger partial charge in [0.1, 0.15) is 0 Å². The largest absolute Gasteiger partial charge is 0.478 e. The summed E-state index contributed by atoms with van der Waals surface area (Å²) in [4.78, 5) is 25.8. The quantitative estimate of drug-likeness (QED) is 0.869. The molecular formula is C16H20N2O3. The Morgan fingerprint density at radius 2 is 2.10 bits per heavy atom. The van der Waals surface area contributed by atoms with Gasteiger partial charge in [-0.3, -0.25) is 4.79 Å². The molecule has 1 aromatic rings. The topological polar surface area (TPSA) is 83.6 Å². The summed E-state index contributed by atoms with van der Waals surface area (Å²) in [5, 5.41) is 9.29. The molecule has 0 bridgehead atoms. The summed E-state index contributed by atoms with van der Waals surface area (Å²) in [6.07, 6.45) is 3.99. The molecule has 0 radical (unpaired) electrons. The normalized spacial score (nSPS) is 24.7. The number of benzene rings is 1. The van der Waals surface area contributed by atoms with E-state index in [0.717, 1.165) is 36.9 Å². The summed E-state index contributed by atoms with van der Waals surface area (Å²) in [7, 11) is 0. The van der Waals surface area contributed by atoms with Crippen molar-refractivity contribution in [3.8, 4) is 0 Å². The van der Waals surface area contributed by atoms with Gasteiger partial charge in [0.2, 0.25) is 5.91 Å². The number of fused-ring (bicyclic) bond motifs is 1. The summed E-state index contributed by atoms with van der Waals surface area (Å²) in [5.74, 6) is -0.838. The third-order valence-electron chi connectivity index (χ3n) is 4.57. The summed E-state index contributed by atoms with van der Waals surface area (Å²) < 4.78 is 0. The van der Waals surface area contributed by atoms with Gasteiger partial charge in [0.15, 0.2) is 0 Å². The van der Waals surface area contributed by atoms with Crippen LogP contribution in [-0.4, -0.2) is 29.6 Å². The Morgan fingerprint density at radius 1 is 1.29 bits per heavy atom. The lowest BCUT2D eigenvalue weighted by atomic mass is 9.94. The van der Waals surface area contributed by atoms with E-state index in [2.05, 4.69) is 0 Å². The average Bonchev–Trinajstić information content (AvgIpc) is 2.91. The highest BCUT2D eigenvalue weighted by atomic mass is 16.4. The number of carbonyl (C=O) groups excluding carboxylic acids is 1. The molecule has 3 N–H and O–H groups in total. The van der Waals surface area contributed by atoms with Crippen molar-refractivity contribution in [1.82, 2.24) is 0 Å². The van der Waals surface area contributed by atoms with Crippen LogP contribution < -0.4 is 10.6 Å².